The Labute approximate surface area is 118 Å². The molecule has 20 heavy (non-hydrogen) atoms. The number of nitrogens with zero attached hydrogens (tertiary/aromatic N) is 3. The highest BCUT2D eigenvalue weighted by Gasteiger charge is 2.47. The number of likely N-dealkylation sites (tertiary alicyclic amines) is 3. The second-order valence-electron chi connectivity index (χ2n) is 6.20. The molecule has 3 fully saturated rings. The number of hydrogen-bond donors (Lipinski definition) is 0. The summed E-state index contributed by atoms with van der Waals surface area (Å²) in [6.45, 7) is 6.17. The molecule has 3 rings (SSSR count). The Morgan fingerprint density at radius 1 is 1.05 bits per heavy atom. The lowest BCUT2D eigenvalue weighted by molar-refractivity contribution is -0.147. The second-order valence-corrected chi connectivity index (χ2v) is 6.20. The van der Waals surface area contributed by atoms with Crippen LogP contribution in [0.2, 0.25) is 0 Å². The van der Waals surface area contributed by atoms with Gasteiger partial charge < -0.3 is 4.90 Å². The summed E-state index contributed by atoms with van der Waals surface area (Å²) in [5.74, 6) is 0.0833. The van der Waals surface area contributed by atoms with Crippen molar-refractivity contribution in [1.82, 2.24) is 14.7 Å². The van der Waals surface area contributed by atoms with Crippen molar-refractivity contribution < 1.29 is 14.4 Å². The van der Waals surface area contributed by atoms with Crippen LogP contribution in [-0.4, -0.2) is 70.2 Å². The number of imide groups is 1. The fourth-order valence-corrected chi connectivity index (χ4v) is 3.44. The Bertz CT molecular complexity index is 441. The molecule has 0 N–H and O–H groups in total. The molecule has 0 aliphatic carbocycles. The van der Waals surface area contributed by atoms with E-state index in [2.05, 4.69) is 4.90 Å². The van der Waals surface area contributed by atoms with E-state index in [0.29, 0.717) is 25.9 Å². The van der Waals surface area contributed by atoms with Crippen LogP contribution in [0, 0.1) is 0 Å². The number of carbonyl (C=O) groups is 3. The zero-order chi connectivity index (χ0) is 14.4. The van der Waals surface area contributed by atoms with Crippen molar-refractivity contribution in [2.24, 2.45) is 0 Å². The molecule has 0 saturated carbocycles. The molecule has 3 saturated heterocycles. The van der Waals surface area contributed by atoms with E-state index in [9.17, 15) is 14.4 Å². The van der Waals surface area contributed by atoms with E-state index in [4.69, 9.17) is 0 Å². The van der Waals surface area contributed by atoms with Gasteiger partial charge in [0.25, 0.3) is 0 Å². The van der Waals surface area contributed by atoms with E-state index in [0.717, 1.165) is 13.0 Å². The third-order valence-corrected chi connectivity index (χ3v) is 4.62. The first-order valence-electron chi connectivity index (χ1n) is 7.38. The molecular formula is C14H21N3O3. The van der Waals surface area contributed by atoms with Crippen molar-refractivity contribution in [1.29, 1.82) is 0 Å². The van der Waals surface area contributed by atoms with Crippen molar-refractivity contribution >= 4 is 17.7 Å². The summed E-state index contributed by atoms with van der Waals surface area (Å²) in [6, 6.07) is 0.172. The van der Waals surface area contributed by atoms with Gasteiger partial charge in [-0.1, -0.05) is 0 Å². The minimum atomic E-state index is -0.0544. The van der Waals surface area contributed by atoms with Crippen LogP contribution >= 0.6 is 0 Å². The van der Waals surface area contributed by atoms with Crippen molar-refractivity contribution in [3.8, 4) is 0 Å². The molecule has 0 bridgehead atoms. The molecule has 6 nitrogen and oxygen atoms in total. The molecule has 1 atom stereocenters. The molecular weight excluding hydrogens is 258 g/mol. The quantitative estimate of drug-likeness (QED) is 0.673. The van der Waals surface area contributed by atoms with Crippen LogP contribution in [0.3, 0.4) is 0 Å². The molecule has 0 spiro atoms. The van der Waals surface area contributed by atoms with Crippen LogP contribution in [0.15, 0.2) is 0 Å². The molecule has 3 heterocycles. The molecule has 3 aliphatic rings. The summed E-state index contributed by atoms with van der Waals surface area (Å²) in [6.07, 6.45) is 1.54. The number of carbonyl (C=O) groups excluding carboxylic acids is 3. The maximum Gasteiger partial charge on any atom is 0.240 e. The maximum atomic E-state index is 12.3. The highest BCUT2D eigenvalue weighted by Crippen LogP contribution is 2.28. The predicted octanol–water partition coefficient (Wildman–Crippen LogP) is -0.171. The van der Waals surface area contributed by atoms with E-state index in [1.165, 1.54) is 4.90 Å². The predicted molar refractivity (Wildman–Crippen MR) is 71.7 cm³/mol. The third-order valence-electron chi connectivity index (χ3n) is 4.62. The lowest BCUT2D eigenvalue weighted by Crippen LogP contribution is -2.64. The van der Waals surface area contributed by atoms with E-state index in [1.807, 2.05) is 18.7 Å². The smallest absolute Gasteiger partial charge is 0.240 e. The summed E-state index contributed by atoms with van der Waals surface area (Å²) in [5, 5.41) is 0. The lowest BCUT2D eigenvalue weighted by Gasteiger charge is -2.45. The van der Waals surface area contributed by atoms with E-state index >= 15 is 0 Å². The Balaban J connectivity index is 1.57. The number of amides is 3. The van der Waals surface area contributed by atoms with E-state index < -0.39 is 0 Å². The minimum Gasteiger partial charge on any atom is -0.339 e. The SMILES string of the molecule is CC(C)N1CCC(N2CC(N3C(=O)CCC3=O)C2)C1=O. The first-order chi connectivity index (χ1) is 9.49. The van der Waals surface area contributed by atoms with Gasteiger partial charge in [0.2, 0.25) is 17.7 Å². The highest BCUT2D eigenvalue weighted by molar-refractivity contribution is 6.02. The standard InChI is InChI=1S/C14H21N3O3/c1-9(2)16-6-5-11(14(16)20)15-7-10(8-15)17-12(18)3-4-13(17)19/h9-11H,3-8H2,1-2H3. The lowest BCUT2D eigenvalue weighted by atomic mass is 10.0. The molecule has 3 amide bonds. The van der Waals surface area contributed by atoms with Gasteiger partial charge in [-0.3, -0.25) is 24.2 Å². The Morgan fingerprint density at radius 2 is 1.65 bits per heavy atom. The van der Waals surface area contributed by atoms with Crippen LogP contribution in [-0.2, 0) is 14.4 Å². The Hall–Kier alpha value is -1.43. The Kier molecular flexibility index (Phi) is 3.28. The van der Waals surface area contributed by atoms with Crippen molar-refractivity contribution in [2.75, 3.05) is 19.6 Å². The molecule has 0 aromatic heterocycles. The Morgan fingerprint density at radius 3 is 2.15 bits per heavy atom. The summed E-state index contributed by atoms with van der Waals surface area (Å²) in [7, 11) is 0. The van der Waals surface area contributed by atoms with Gasteiger partial charge in [-0.05, 0) is 20.3 Å². The molecule has 3 aliphatic heterocycles. The van der Waals surface area contributed by atoms with Gasteiger partial charge in [0.05, 0.1) is 12.1 Å². The molecule has 0 radical (unpaired) electrons. The summed E-state index contributed by atoms with van der Waals surface area (Å²) >= 11 is 0. The topological polar surface area (TPSA) is 60.9 Å². The largest absolute Gasteiger partial charge is 0.339 e. The minimum absolute atomic E-state index is 0.0154. The van der Waals surface area contributed by atoms with Crippen LogP contribution in [0.25, 0.3) is 0 Å². The number of hydrogen-bond acceptors (Lipinski definition) is 4. The second kappa shape index (κ2) is 4.84. The molecule has 1 unspecified atom stereocenters. The maximum absolute atomic E-state index is 12.3. The number of rotatable bonds is 3. The van der Waals surface area contributed by atoms with Crippen molar-refractivity contribution in [3.63, 3.8) is 0 Å². The van der Waals surface area contributed by atoms with Gasteiger partial charge in [0.15, 0.2) is 0 Å². The van der Waals surface area contributed by atoms with Gasteiger partial charge in [-0.15, -0.1) is 0 Å². The van der Waals surface area contributed by atoms with Gasteiger partial charge in [0, 0.05) is 38.5 Å². The highest BCUT2D eigenvalue weighted by atomic mass is 16.2. The molecule has 0 aromatic carbocycles. The normalized spacial score (nSPS) is 28.9. The zero-order valence-electron chi connectivity index (χ0n) is 12.0. The zero-order valence-corrected chi connectivity index (χ0v) is 12.0. The van der Waals surface area contributed by atoms with Crippen LogP contribution in [0.1, 0.15) is 33.1 Å². The monoisotopic (exact) mass is 279 g/mol. The molecule has 6 heteroatoms. The average molecular weight is 279 g/mol. The van der Waals surface area contributed by atoms with Crippen LogP contribution < -0.4 is 0 Å². The fraction of sp³-hybridized carbons (Fsp3) is 0.786. The van der Waals surface area contributed by atoms with Crippen molar-refractivity contribution in [3.05, 3.63) is 0 Å². The van der Waals surface area contributed by atoms with E-state index in [-0.39, 0.29) is 35.8 Å². The van der Waals surface area contributed by atoms with Gasteiger partial charge in [-0.25, -0.2) is 0 Å². The summed E-state index contributed by atoms with van der Waals surface area (Å²) in [4.78, 5) is 41.0. The summed E-state index contributed by atoms with van der Waals surface area (Å²) < 4.78 is 0. The molecule has 0 aromatic rings. The summed E-state index contributed by atoms with van der Waals surface area (Å²) in [5.41, 5.74) is 0. The third kappa shape index (κ3) is 2.02. The first-order valence-corrected chi connectivity index (χ1v) is 7.38. The fourth-order valence-electron chi connectivity index (χ4n) is 3.44. The molecule has 110 valence electrons. The van der Waals surface area contributed by atoms with Gasteiger partial charge >= 0.3 is 0 Å². The van der Waals surface area contributed by atoms with Gasteiger partial charge in [0.1, 0.15) is 0 Å². The van der Waals surface area contributed by atoms with Gasteiger partial charge in [-0.2, -0.15) is 0 Å². The average Bonchev–Trinajstić information content (AvgIpc) is 2.85. The van der Waals surface area contributed by atoms with Crippen molar-refractivity contribution in [2.45, 2.75) is 51.2 Å². The van der Waals surface area contributed by atoms with E-state index in [1.54, 1.807) is 0 Å². The van der Waals surface area contributed by atoms with Crippen LogP contribution in [0.5, 0.6) is 0 Å². The first kappa shape index (κ1) is 13.5. The van der Waals surface area contributed by atoms with Crippen LogP contribution in [0.4, 0.5) is 0 Å².